The third-order valence-corrected chi connectivity index (χ3v) is 7.12. The van der Waals surface area contributed by atoms with Gasteiger partial charge in [0.2, 0.25) is 10.0 Å². The summed E-state index contributed by atoms with van der Waals surface area (Å²) in [5.74, 6) is 0.198. The maximum atomic E-state index is 12.6. The Bertz CT molecular complexity index is 1280. The van der Waals surface area contributed by atoms with Crippen LogP contribution in [0, 0.1) is 11.3 Å². The fourth-order valence-corrected chi connectivity index (χ4v) is 4.35. The van der Waals surface area contributed by atoms with Gasteiger partial charge >= 0.3 is 0 Å². The largest absolute Gasteiger partial charge is 0.489 e. The van der Waals surface area contributed by atoms with Crippen LogP contribution in [-0.2, 0) is 16.6 Å². The van der Waals surface area contributed by atoms with Crippen LogP contribution < -0.4 is 10.1 Å². The van der Waals surface area contributed by atoms with Crippen LogP contribution in [0.5, 0.6) is 5.75 Å². The summed E-state index contributed by atoms with van der Waals surface area (Å²) in [6, 6.07) is 21.9. The number of carbonyl (C=O) groups is 1. The Kier molecular flexibility index (Phi) is 7.48. The second-order valence-corrected chi connectivity index (χ2v) is 9.72. The van der Waals surface area contributed by atoms with E-state index in [1.165, 1.54) is 35.6 Å². The fourth-order valence-electron chi connectivity index (χ4n) is 2.99. The average molecular weight is 464 g/mol. The zero-order chi connectivity index (χ0) is 24.0. The van der Waals surface area contributed by atoms with Gasteiger partial charge in [-0.25, -0.2) is 8.42 Å². The summed E-state index contributed by atoms with van der Waals surface area (Å²) in [6.45, 7) is 3.87. The van der Waals surface area contributed by atoms with Crippen molar-refractivity contribution in [1.82, 2.24) is 4.31 Å². The van der Waals surface area contributed by atoms with E-state index >= 15 is 0 Å². The number of amides is 1. The van der Waals surface area contributed by atoms with Crippen LogP contribution in [0.4, 0.5) is 5.69 Å². The van der Waals surface area contributed by atoms with Gasteiger partial charge in [-0.3, -0.25) is 4.79 Å². The summed E-state index contributed by atoms with van der Waals surface area (Å²) in [4.78, 5) is 12.8. The summed E-state index contributed by atoms with van der Waals surface area (Å²) >= 11 is 0. The summed E-state index contributed by atoms with van der Waals surface area (Å²) in [5.41, 5.74) is 2.30. The Morgan fingerprint density at radius 1 is 1.06 bits per heavy atom. The van der Waals surface area contributed by atoms with Gasteiger partial charge in [-0.05, 0) is 67.9 Å². The molecule has 0 aliphatic carbocycles. The average Bonchev–Trinajstić information content (AvgIpc) is 2.82. The molecule has 33 heavy (non-hydrogen) atoms. The molecule has 0 aliphatic rings. The first-order valence-corrected chi connectivity index (χ1v) is 11.8. The summed E-state index contributed by atoms with van der Waals surface area (Å²) in [5, 5.41) is 11.8. The molecule has 0 saturated carbocycles. The normalized spacial score (nSPS) is 11.3. The first kappa shape index (κ1) is 24.0. The lowest BCUT2D eigenvalue weighted by Gasteiger charge is -2.21. The van der Waals surface area contributed by atoms with Crippen LogP contribution in [-0.4, -0.2) is 31.7 Å². The molecule has 8 heteroatoms. The number of nitrogens with one attached hydrogen (secondary N) is 1. The van der Waals surface area contributed by atoms with Crippen molar-refractivity contribution in [2.24, 2.45) is 0 Å². The molecule has 0 atom stereocenters. The van der Waals surface area contributed by atoms with E-state index in [1.807, 2.05) is 6.07 Å². The van der Waals surface area contributed by atoms with E-state index in [0.717, 1.165) is 5.56 Å². The van der Waals surface area contributed by atoms with Crippen LogP contribution in [0.3, 0.4) is 0 Å². The smallest absolute Gasteiger partial charge is 0.255 e. The van der Waals surface area contributed by atoms with E-state index in [2.05, 4.69) is 11.4 Å². The van der Waals surface area contributed by atoms with Gasteiger partial charge in [0.05, 0.1) is 16.5 Å². The van der Waals surface area contributed by atoms with Crippen molar-refractivity contribution in [3.8, 4) is 11.8 Å². The minimum absolute atomic E-state index is 0.131. The van der Waals surface area contributed by atoms with Crippen LogP contribution in [0.1, 0.15) is 35.3 Å². The number of nitrogens with zero attached hydrogens (tertiary/aromatic N) is 2. The lowest BCUT2D eigenvalue weighted by Crippen LogP contribution is -2.33. The van der Waals surface area contributed by atoms with Crippen LogP contribution in [0.25, 0.3) is 0 Å². The third kappa shape index (κ3) is 5.98. The Hall–Kier alpha value is -3.67. The molecule has 0 spiro atoms. The number of ether oxygens (including phenoxy) is 1. The molecular formula is C25H25N3O4S. The molecule has 3 aromatic carbocycles. The number of carbonyl (C=O) groups excluding carboxylic acids is 1. The fraction of sp³-hybridized carbons (Fsp3) is 0.200. The Morgan fingerprint density at radius 3 is 2.42 bits per heavy atom. The minimum atomic E-state index is -3.61. The highest BCUT2D eigenvalue weighted by molar-refractivity contribution is 7.89. The highest BCUT2D eigenvalue weighted by Crippen LogP contribution is 2.21. The Balaban J connectivity index is 1.66. The third-order valence-electron chi connectivity index (χ3n) is 5.07. The van der Waals surface area contributed by atoms with Crippen LogP contribution in [0.2, 0.25) is 0 Å². The molecule has 0 aromatic heterocycles. The Morgan fingerprint density at radius 2 is 1.76 bits per heavy atom. The predicted molar refractivity (Wildman–Crippen MR) is 126 cm³/mol. The van der Waals surface area contributed by atoms with Crippen molar-refractivity contribution in [2.75, 3.05) is 12.4 Å². The molecule has 3 rings (SSSR count). The van der Waals surface area contributed by atoms with Gasteiger partial charge in [-0.15, -0.1) is 0 Å². The molecule has 0 aliphatic heterocycles. The molecule has 0 unspecified atom stereocenters. The van der Waals surface area contributed by atoms with Crippen molar-refractivity contribution in [3.63, 3.8) is 0 Å². The molecule has 1 N–H and O–H groups in total. The number of sulfonamides is 1. The molecule has 170 valence electrons. The van der Waals surface area contributed by atoms with E-state index in [0.29, 0.717) is 22.6 Å². The molecule has 3 aromatic rings. The predicted octanol–water partition coefficient (Wildman–Crippen LogP) is 4.42. The zero-order valence-electron chi connectivity index (χ0n) is 18.6. The summed E-state index contributed by atoms with van der Waals surface area (Å²) in [6.07, 6.45) is 0. The van der Waals surface area contributed by atoms with Crippen molar-refractivity contribution >= 4 is 21.6 Å². The van der Waals surface area contributed by atoms with Crippen LogP contribution >= 0.6 is 0 Å². The molecular weight excluding hydrogens is 438 g/mol. The maximum Gasteiger partial charge on any atom is 0.255 e. The highest BCUT2D eigenvalue weighted by Gasteiger charge is 2.23. The van der Waals surface area contributed by atoms with Gasteiger partial charge in [0, 0.05) is 30.4 Å². The summed E-state index contributed by atoms with van der Waals surface area (Å²) < 4.78 is 32.2. The first-order chi connectivity index (χ1) is 15.7. The van der Waals surface area contributed by atoms with Crippen molar-refractivity contribution < 1.29 is 17.9 Å². The van der Waals surface area contributed by atoms with Gasteiger partial charge in [0.15, 0.2) is 0 Å². The van der Waals surface area contributed by atoms with Gasteiger partial charge in [0.1, 0.15) is 12.4 Å². The number of rotatable bonds is 8. The zero-order valence-corrected chi connectivity index (χ0v) is 19.5. The lowest BCUT2D eigenvalue weighted by molar-refractivity contribution is 0.102. The van der Waals surface area contributed by atoms with Crippen LogP contribution in [0.15, 0.2) is 77.7 Å². The van der Waals surface area contributed by atoms with Gasteiger partial charge in [0.25, 0.3) is 5.91 Å². The molecule has 0 fully saturated rings. The molecule has 7 nitrogen and oxygen atoms in total. The van der Waals surface area contributed by atoms with Crippen molar-refractivity contribution in [3.05, 3.63) is 89.5 Å². The molecule has 0 saturated heterocycles. The van der Waals surface area contributed by atoms with Gasteiger partial charge in [-0.2, -0.15) is 9.57 Å². The summed E-state index contributed by atoms with van der Waals surface area (Å²) in [7, 11) is -2.09. The second kappa shape index (κ2) is 10.3. The van der Waals surface area contributed by atoms with E-state index < -0.39 is 10.0 Å². The number of anilines is 1. The van der Waals surface area contributed by atoms with Crippen molar-refractivity contribution in [1.29, 1.82) is 5.26 Å². The number of benzene rings is 3. The van der Waals surface area contributed by atoms with Crippen molar-refractivity contribution in [2.45, 2.75) is 31.4 Å². The lowest BCUT2D eigenvalue weighted by atomic mass is 10.1. The SMILES string of the molecule is CC(C)N(C)S(=O)(=O)c1ccc(C(=O)Nc2cccc(OCc3cccc(C#N)c3)c2)cc1. The molecule has 0 heterocycles. The maximum absolute atomic E-state index is 12.6. The molecule has 1 amide bonds. The number of nitriles is 1. The van der Waals surface area contributed by atoms with E-state index in [4.69, 9.17) is 10.00 Å². The highest BCUT2D eigenvalue weighted by atomic mass is 32.2. The van der Waals surface area contributed by atoms with E-state index in [1.54, 1.807) is 56.3 Å². The minimum Gasteiger partial charge on any atom is -0.489 e. The Labute approximate surface area is 194 Å². The second-order valence-electron chi connectivity index (χ2n) is 7.72. The van der Waals surface area contributed by atoms with E-state index in [9.17, 15) is 13.2 Å². The number of hydrogen-bond acceptors (Lipinski definition) is 5. The van der Waals surface area contributed by atoms with Gasteiger partial charge in [-0.1, -0.05) is 18.2 Å². The molecule has 0 bridgehead atoms. The first-order valence-electron chi connectivity index (χ1n) is 10.3. The van der Waals surface area contributed by atoms with E-state index in [-0.39, 0.29) is 23.5 Å². The number of hydrogen-bond donors (Lipinski definition) is 1. The quantitative estimate of drug-likeness (QED) is 0.533. The standard InChI is InChI=1S/C25H25N3O4S/c1-18(2)28(3)33(30,31)24-12-10-21(11-13-24)25(29)27-22-8-5-9-23(15-22)32-17-20-7-4-6-19(14-20)16-26/h4-15,18H,17H2,1-3H3,(H,27,29). The molecule has 0 radical (unpaired) electrons. The van der Waals surface area contributed by atoms with Gasteiger partial charge < -0.3 is 10.1 Å². The monoisotopic (exact) mass is 463 g/mol. The topological polar surface area (TPSA) is 99.5 Å².